The molecule has 6 heteroatoms. The fourth-order valence-electron chi connectivity index (χ4n) is 1.00. The zero-order chi connectivity index (χ0) is 10.7. The quantitative estimate of drug-likeness (QED) is 0.622. The Hall–Kier alpha value is -0.840. The zero-order valence-corrected chi connectivity index (χ0v) is 8.93. The van der Waals surface area contributed by atoms with Crippen molar-refractivity contribution in [3.05, 3.63) is 26.8 Å². The molecular weight excluding hydrogens is 308 g/mol. The number of nitrogens with zero attached hydrogens (tertiary/aromatic N) is 2. The SMILES string of the molecule is N#CCc1cc(I)nc(F)c1C(F)F. The Morgan fingerprint density at radius 3 is 2.71 bits per heavy atom. The molecule has 0 aliphatic rings. The van der Waals surface area contributed by atoms with Gasteiger partial charge in [-0.1, -0.05) is 0 Å². The van der Waals surface area contributed by atoms with Gasteiger partial charge in [-0.2, -0.15) is 9.65 Å². The van der Waals surface area contributed by atoms with Crippen LogP contribution < -0.4 is 0 Å². The molecule has 0 aromatic carbocycles. The summed E-state index contributed by atoms with van der Waals surface area (Å²) in [6.45, 7) is 0. The van der Waals surface area contributed by atoms with Gasteiger partial charge in [0.25, 0.3) is 6.43 Å². The minimum absolute atomic E-state index is 0.000556. The van der Waals surface area contributed by atoms with Crippen molar-refractivity contribution >= 4 is 22.6 Å². The van der Waals surface area contributed by atoms with Crippen molar-refractivity contribution in [3.8, 4) is 6.07 Å². The van der Waals surface area contributed by atoms with Crippen LogP contribution in [0.3, 0.4) is 0 Å². The Kier molecular flexibility index (Phi) is 3.69. The molecule has 14 heavy (non-hydrogen) atoms. The molecule has 0 radical (unpaired) electrons. The maximum Gasteiger partial charge on any atom is 0.268 e. The largest absolute Gasteiger partial charge is 0.268 e. The molecule has 0 unspecified atom stereocenters. The third-order valence-corrected chi connectivity index (χ3v) is 2.11. The maximum atomic E-state index is 13.0. The highest BCUT2D eigenvalue weighted by atomic mass is 127. The summed E-state index contributed by atoms with van der Waals surface area (Å²) >= 11 is 1.71. The predicted molar refractivity (Wildman–Crippen MR) is 51.2 cm³/mol. The van der Waals surface area contributed by atoms with E-state index in [1.807, 2.05) is 0 Å². The fourth-order valence-corrected chi connectivity index (χ4v) is 1.59. The van der Waals surface area contributed by atoms with Gasteiger partial charge in [0.1, 0.15) is 3.70 Å². The van der Waals surface area contributed by atoms with E-state index in [0.29, 0.717) is 0 Å². The highest BCUT2D eigenvalue weighted by Crippen LogP contribution is 2.26. The van der Waals surface area contributed by atoms with E-state index in [9.17, 15) is 13.2 Å². The van der Waals surface area contributed by atoms with E-state index in [2.05, 4.69) is 4.98 Å². The van der Waals surface area contributed by atoms with Crippen molar-refractivity contribution in [1.29, 1.82) is 5.26 Å². The van der Waals surface area contributed by atoms with Crippen LogP contribution in [0.25, 0.3) is 0 Å². The van der Waals surface area contributed by atoms with Crippen LogP contribution in [-0.2, 0) is 6.42 Å². The number of hydrogen-bond acceptors (Lipinski definition) is 2. The van der Waals surface area contributed by atoms with Gasteiger partial charge in [-0.15, -0.1) is 0 Å². The molecule has 1 aromatic heterocycles. The Morgan fingerprint density at radius 1 is 1.57 bits per heavy atom. The fraction of sp³-hybridized carbons (Fsp3) is 0.250. The molecule has 0 saturated carbocycles. The maximum absolute atomic E-state index is 13.0. The second-order valence-electron chi connectivity index (χ2n) is 2.44. The van der Waals surface area contributed by atoms with Gasteiger partial charge >= 0.3 is 0 Å². The lowest BCUT2D eigenvalue weighted by atomic mass is 10.1. The number of hydrogen-bond donors (Lipinski definition) is 0. The van der Waals surface area contributed by atoms with Crippen LogP contribution in [0.15, 0.2) is 6.07 Å². The Bertz CT molecular complexity index is 387. The molecule has 0 saturated heterocycles. The van der Waals surface area contributed by atoms with E-state index in [-0.39, 0.29) is 15.7 Å². The van der Waals surface area contributed by atoms with Crippen LogP contribution in [0.4, 0.5) is 13.2 Å². The Labute approximate surface area is 91.9 Å². The van der Waals surface area contributed by atoms with Gasteiger partial charge in [0, 0.05) is 0 Å². The van der Waals surface area contributed by atoms with Crippen molar-refractivity contribution in [3.63, 3.8) is 0 Å². The lowest BCUT2D eigenvalue weighted by Crippen LogP contribution is -2.02. The number of rotatable bonds is 2. The first kappa shape index (κ1) is 11.2. The van der Waals surface area contributed by atoms with Crippen molar-refractivity contribution in [1.82, 2.24) is 4.98 Å². The Morgan fingerprint density at radius 2 is 2.21 bits per heavy atom. The summed E-state index contributed by atoms with van der Waals surface area (Å²) in [6.07, 6.45) is -3.18. The monoisotopic (exact) mass is 312 g/mol. The number of alkyl halides is 2. The van der Waals surface area contributed by atoms with E-state index < -0.39 is 17.9 Å². The van der Waals surface area contributed by atoms with Gasteiger partial charge in [-0.25, -0.2) is 13.8 Å². The number of halogens is 4. The Balaban J connectivity index is 3.30. The number of pyridine rings is 1. The minimum Gasteiger partial charge on any atom is -0.213 e. The number of aromatic nitrogens is 1. The summed E-state index contributed by atoms with van der Waals surface area (Å²) in [5.41, 5.74) is -0.772. The van der Waals surface area contributed by atoms with Gasteiger partial charge < -0.3 is 0 Å². The summed E-state index contributed by atoms with van der Waals surface area (Å²) in [5.74, 6) is -1.20. The van der Waals surface area contributed by atoms with Gasteiger partial charge in [0.05, 0.1) is 18.1 Å². The van der Waals surface area contributed by atoms with Crippen molar-refractivity contribution in [2.45, 2.75) is 12.8 Å². The van der Waals surface area contributed by atoms with Crippen LogP contribution in [0.5, 0.6) is 0 Å². The summed E-state index contributed by atoms with van der Waals surface area (Å²) < 4.78 is 37.9. The normalized spacial score (nSPS) is 10.3. The molecular formula is C8H4F3IN2. The second-order valence-corrected chi connectivity index (χ2v) is 3.55. The van der Waals surface area contributed by atoms with Crippen LogP contribution in [0.2, 0.25) is 0 Å². The van der Waals surface area contributed by atoms with Gasteiger partial charge in [-0.3, -0.25) is 0 Å². The topological polar surface area (TPSA) is 36.7 Å². The van der Waals surface area contributed by atoms with E-state index >= 15 is 0 Å². The smallest absolute Gasteiger partial charge is 0.213 e. The van der Waals surface area contributed by atoms with Crippen LogP contribution in [0, 0.1) is 21.0 Å². The van der Waals surface area contributed by atoms with Crippen LogP contribution >= 0.6 is 22.6 Å². The molecule has 1 rings (SSSR count). The molecule has 2 nitrogen and oxygen atoms in total. The first-order chi connectivity index (χ1) is 6.56. The third kappa shape index (κ3) is 2.35. The lowest BCUT2D eigenvalue weighted by Gasteiger charge is -2.06. The predicted octanol–water partition coefficient (Wildman–Crippen LogP) is 2.83. The summed E-state index contributed by atoms with van der Waals surface area (Å²) in [7, 11) is 0. The van der Waals surface area contributed by atoms with Crippen molar-refractivity contribution in [2.24, 2.45) is 0 Å². The average Bonchev–Trinajstić information content (AvgIpc) is 2.01. The first-order valence-corrected chi connectivity index (χ1v) is 4.64. The highest BCUT2D eigenvalue weighted by molar-refractivity contribution is 14.1. The molecule has 0 aliphatic heterocycles. The standard InChI is InChI=1S/C8H4F3IN2/c9-7(10)6-4(1-2-13)3-5(12)14-8(6)11/h3,7H,1H2. The molecule has 0 aliphatic carbocycles. The van der Waals surface area contributed by atoms with E-state index in [1.165, 1.54) is 6.07 Å². The molecule has 0 atom stereocenters. The van der Waals surface area contributed by atoms with Crippen LogP contribution in [0.1, 0.15) is 17.6 Å². The van der Waals surface area contributed by atoms with E-state index in [0.717, 1.165) is 0 Å². The molecule has 1 heterocycles. The number of nitriles is 1. The van der Waals surface area contributed by atoms with Gasteiger partial charge in [-0.05, 0) is 34.2 Å². The van der Waals surface area contributed by atoms with Gasteiger partial charge in [0.15, 0.2) is 0 Å². The van der Waals surface area contributed by atoms with Crippen molar-refractivity contribution in [2.75, 3.05) is 0 Å². The molecule has 0 N–H and O–H groups in total. The third-order valence-electron chi connectivity index (χ3n) is 1.55. The highest BCUT2D eigenvalue weighted by Gasteiger charge is 2.20. The van der Waals surface area contributed by atoms with Crippen molar-refractivity contribution < 1.29 is 13.2 Å². The summed E-state index contributed by atoms with van der Waals surface area (Å²) in [4.78, 5) is 3.27. The molecule has 0 amide bonds. The molecule has 0 spiro atoms. The summed E-state index contributed by atoms with van der Waals surface area (Å²) in [5, 5.41) is 8.37. The molecule has 1 aromatic rings. The molecule has 0 fully saturated rings. The average molecular weight is 312 g/mol. The first-order valence-electron chi connectivity index (χ1n) is 3.56. The molecule has 0 bridgehead atoms. The summed E-state index contributed by atoms with van der Waals surface area (Å²) in [6, 6.07) is 2.99. The second kappa shape index (κ2) is 4.59. The zero-order valence-electron chi connectivity index (χ0n) is 6.77. The van der Waals surface area contributed by atoms with E-state index in [1.54, 1.807) is 28.7 Å². The molecule has 74 valence electrons. The minimum atomic E-state index is -2.94. The van der Waals surface area contributed by atoms with Crippen LogP contribution in [-0.4, -0.2) is 4.98 Å². The van der Waals surface area contributed by atoms with Gasteiger partial charge in [0.2, 0.25) is 5.95 Å². The lowest BCUT2D eigenvalue weighted by molar-refractivity contribution is 0.144. The van der Waals surface area contributed by atoms with E-state index in [4.69, 9.17) is 5.26 Å².